The van der Waals surface area contributed by atoms with Crippen LogP contribution < -0.4 is 15.4 Å². The minimum atomic E-state index is -0.105. The molecule has 0 radical (unpaired) electrons. The summed E-state index contributed by atoms with van der Waals surface area (Å²) in [5, 5.41) is 17.0. The van der Waals surface area contributed by atoms with E-state index in [-0.39, 0.29) is 18.0 Å². The number of hydrogen-bond acceptors (Lipinski definition) is 3. The van der Waals surface area contributed by atoms with Gasteiger partial charge < -0.3 is 20.5 Å². The van der Waals surface area contributed by atoms with Crippen molar-refractivity contribution < 1.29 is 15.2 Å². The van der Waals surface area contributed by atoms with Crippen LogP contribution in [0, 0.1) is 0 Å². The molecule has 4 nitrogen and oxygen atoms in total. The molecular weight excluding hydrogens is 476 g/mol. The molecular formula is C25H25BrClN2O2+. The Kier molecular flexibility index (Phi) is 6.56. The van der Waals surface area contributed by atoms with Crippen LogP contribution in [-0.4, -0.2) is 12.2 Å². The average molecular weight is 501 g/mol. The molecule has 3 aromatic carbocycles. The Balaban J connectivity index is 1.76. The van der Waals surface area contributed by atoms with E-state index in [0.29, 0.717) is 5.02 Å². The van der Waals surface area contributed by atoms with Crippen LogP contribution in [0.25, 0.3) is 5.70 Å². The summed E-state index contributed by atoms with van der Waals surface area (Å²) in [6.07, 6.45) is 3.08. The normalized spacial score (nSPS) is 18.3. The molecule has 160 valence electrons. The van der Waals surface area contributed by atoms with Crippen LogP contribution in [0.4, 0.5) is 0 Å². The Hall–Kier alpha value is -2.47. The number of hydrogen-bond donors (Lipinski definition) is 3. The third-order valence-corrected chi connectivity index (χ3v) is 6.47. The third kappa shape index (κ3) is 4.74. The molecule has 1 aliphatic heterocycles. The lowest BCUT2D eigenvalue weighted by Gasteiger charge is -2.30. The maximum atomic E-state index is 10.5. The number of nitrogens with two attached hydrogens (primary N) is 1. The van der Waals surface area contributed by atoms with E-state index in [0.717, 1.165) is 39.0 Å². The van der Waals surface area contributed by atoms with Gasteiger partial charge in [0, 0.05) is 22.4 Å². The van der Waals surface area contributed by atoms with Crippen LogP contribution in [0.3, 0.4) is 0 Å². The van der Waals surface area contributed by atoms with Gasteiger partial charge in [-0.15, -0.1) is 0 Å². The average Bonchev–Trinajstić information content (AvgIpc) is 2.80. The van der Waals surface area contributed by atoms with Crippen LogP contribution in [0.15, 0.2) is 71.2 Å². The SMILES string of the molecule is CCc1ccc(C2=CC(c3cc(Cl)ccc3O)[NH2+]C(c3ccc(OC)c(Br)c3)N2)cc1. The lowest BCUT2D eigenvalue weighted by Crippen LogP contribution is -2.89. The summed E-state index contributed by atoms with van der Waals surface area (Å²) in [6.45, 7) is 2.15. The van der Waals surface area contributed by atoms with E-state index in [2.05, 4.69) is 76.0 Å². The molecule has 0 aliphatic carbocycles. The molecule has 0 fully saturated rings. The molecule has 31 heavy (non-hydrogen) atoms. The van der Waals surface area contributed by atoms with Gasteiger partial charge in [-0.1, -0.05) is 42.8 Å². The highest BCUT2D eigenvalue weighted by molar-refractivity contribution is 9.10. The molecule has 3 aromatic rings. The highest BCUT2D eigenvalue weighted by atomic mass is 79.9. The second kappa shape index (κ2) is 9.35. The van der Waals surface area contributed by atoms with Gasteiger partial charge in [-0.05, 0) is 69.9 Å². The van der Waals surface area contributed by atoms with Gasteiger partial charge in [-0.2, -0.15) is 0 Å². The molecule has 0 amide bonds. The lowest BCUT2D eigenvalue weighted by atomic mass is 9.97. The van der Waals surface area contributed by atoms with Crippen molar-refractivity contribution in [1.29, 1.82) is 0 Å². The first-order chi connectivity index (χ1) is 15.0. The number of rotatable bonds is 5. The van der Waals surface area contributed by atoms with Gasteiger partial charge in [0.25, 0.3) is 0 Å². The van der Waals surface area contributed by atoms with E-state index in [9.17, 15) is 5.11 Å². The number of quaternary nitrogens is 1. The summed E-state index contributed by atoms with van der Waals surface area (Å²) in [5.74, 6) is 1.02. The van der Waals surface area contributed by atoms with E-state index < -0.39 is 0 Å². The quantitative estimate of drug-likeness (QED) is 0.444. The fraction of sp³-hybridized carbons (Fsp3) is 0.200. The summed E-state index contributed by atoms with van der Waals surface area (Å²) >= 11 is 9.84. The number of nitrogens with one attached hydrogen (secondary N) is 1. The van der Waals surface area contributed by atoms with Crippen LogP contribution in [0.1, 0.15) is 41.4 Å². The zero-order valence-corrected chi connectivity index (χ0v) is 19.7. The highest BCUT2D eigenvalue weighted by Crippen LogP contribution is 2.32. The first-order valence-electron chi connectivity index (χ1n) is 10.2. The predicted molar refractivity (Wildman–Crippen MR) is 128 cm³/mol. The fourth-order valence-electron chi connectivity index (χ4n) is 3.86. The molecule has 6 heteroatoms. The van der Waals surface area contributed by atoms with Crippen molar-refractivity contribution in [3.05, 3.63) is 98.5 Å². The van der Waals surface area contributed by atoms with Crippen LogP contribution >= 0.6 is 27.5 Å². The van der Waals surface area contributed by atoms with Crippen molar-refractivity contribution in [3.8, 4) is 11.5 Å². The van der Waals surface area contributed by atoms with Crippen molar-refractivity contribution in [2.75, 3.05) is 7.11 Å². The van der Waals surface area contributed by atoms with Crippen molar-refractivity contribution >= 4 is 33.2 Å². The Morgan fingerprint density at radius 2 is 1.87 bits per heavy atom. The molecule has 0 saturated heterocycles. The van der Waals surface area contributed by atoms with Gasteiger partial charge in [0.2, 0.25) is 0 Å². The minimum Gasteiger partial charge on any atom is -0.507 e. The first-order valence-corrected chi connectivity index (χ1v) is 11.4. The molecule has 4 N–H and O–H groups in total. The Morgan fingerprint density at radius 3 is 2.55 bits per heavy atom. The summed E-state index contributed by atoms with van der Waals surface area (Å²) in [6, 6.07) is 19.7. The maximum absolute atomic E-state index is 10.5. The number of aromatic hydroxyl groups is 1. The van der Waals surface area contributed by atoms with Gasteiger partial charge in [-0.3, -0.25) is 0 Å². The van der Waals surface area contributed by atoms with Gasteiger partial charge >= 0.3 is 0 Å². The zero-order chi connectivity index (χ0) is 22.0. The van der Waals surface area contributed by atoms with Gasteiger partial charge in [0.15, 0.2) is 6.17 Å². The highest BCUT2D eigenvalue weighted by Gasteiger charge is 2.30. The molecule has 0 spiro atoms. The topological polar surface area (TPSA) is 58.1 Å². The number of halogens is 2. The Bertz CT molecular complexity index is 1120. The molecule has 0 bridgehead atoms. The predicted octanol–water partition coefficient (Wildman–Crippen LogP) is 5.33. The van der Waals surface area contributed by atoms with Gasteiger partial charge in [0.05, 0.1) is 17.1 Å². The largest absolute Gasteiger partial charge is 0.507 e. The second-order valence-electron chi connectivity index (χ2n) is 7.57. The molecule has 2 unspecified atom stereocenters. The molecule has 0 aromatic heterocycles. The van der Waals surface area contributed by atoms with Crippen molar-refractivity contribution in [1.82, 2.24) is 5.32 Å². The molecule has 0 saturated carbocycles. The van der Waals surface area contributed by atoms with E-state index in [4.69, 9.17) is 16.3 Å². The lowest BCUT2D eigenvalue weighted by molar-refractivity contribution is -0.731. The second-order valence-corrected chi connectivity index (χ2v) is 8.86. The maximum Gasteiger partial charge on any atom is 0.186 e. The van der Waals surface area contributed by atoms with E-state index >= 15 is 0 Å². The summed E-state index contributed by atoms with van der Waals surface area (Å²) < 4.78 is 6.28. The van der Waals surface area contributed by atoms with Crippen molar-refractivity contribution in [2.24, 2.45) is 0 Å². The van der Waals surface area contributed by atoms with Crippen molar-refractivity contribution in [3.63, 3.8) is 0 Å². The van der Waals surface area contributed by atoms with Crippen LogP contribution in [0.2, 0.25) is 5.02 Å². The number of aryl methyl sites for hydroxylation is 1. The van der Waals surface area contributed by atoms with E-state index in [1.807, 2.05) is 12.1 Å². The monoisotopic (exact) mass is 499 g/mol. The standard InChI is InChI=1S/C25H24BrClN2O2/c1-3-15-4-6-16(7-5-15)21-14-22(19-13-18(27)9-10-23(19)30)29-25(28-21)17-8-11-24(31-2)20(26)12-17/h4-14,22,25,28-30H,3H2,1-2H3/p+1. The van der Waals surface area contributed by atoms with Crippen LogP contribution in [0.5, 0.6) is 11.5 Å². The summed E-state index contributed by atoms with van der Waals surface area (Å²) in [7, 11) is 1.66. The first kappa shape index (κ1) is 21.8. The van der Waals surface area contributed by atoms with E-state index in [1.165, 1.54) is 5.56 Å². The molecule has 1 heterocycles. The number of benzene rings is 3. The number of methoxy groups -OCH3 is 1. The van der Waals surface area contributed by atoms with Crippen LogP contribution in [-0.2, 0) is 6.42 Å². The summed E-state index contributed by atoms with van der Waals surface area (Å²) in [4.78, 5) is 0. The number of ether oxygens (including phenoxy) is 1. The summed E-state index contributed by atoms with van der Waals surface area (Å²) in [5.41, 5.74) is 5.30. The smallest absolute Gasteiger partial charge is 0.186 e. The zero-order valence-electron chi connectivity index (χ0n) is 17.4. The Labute approximate surface area is 196 Å². The minimum absolute atomic E-state index is 0.0589. The number of phenolic OH excluding ortho intramolecular Hbond substituents is 1. The van der Waals surface area contributed by atoms with Crippen molar-refractivity contribution in [2.45, 2.75) is 25.6 Å². The molecule has 4 rings (SSSR count). The molecule has 2 atom stereocenters. The number of phenols is 1. The van der Waals surface area contributed by atoms with Gasteiger partial charge in [0.1, 0.15) is 17.5 Å². The van der Waals surface area contributed by atoms with E-state index in [1.54, 1.807) is 19.2 Å². The Morgan fingerprint density at radius 1 is 1.10 bits per heavy atom. The van der Waals surface area contributed by atoms with Gasteiger partial charge in [-0.25, -0.2) is 0 Å². The fourth-order valence-corrected chi connectivity index (χ4v) is 4.60. The third-order valence-electron chi connectivity index (χ3n) is 5.61. The molecule has 1 aliphatic rings.